The zero-order valence-electron chi connectivity index (χ0n) is 17.2. The van der Waals surface area contributed by atoms with Crippen molar-refractivity contribution in [2.24, 2.45) is 5.92 Å². The summed E-state index contributed by atoms with van der Waals surface area (Å²) in [5.74, 6) is -1.58. The molecule has 0 saturated carbocycles. The zero-order valence-corrected chi connectivity index (χ0v) is 18.0. The molecule has 0 radical (unpaired) electrons. The lowest BCUT2D eigenvalue weighted by atomic mass is 9.83. The van der Waals surface area contributed by atoms with Crippen molar-refractivity contribution in [2.45, 2.75) is 38.5 Å². The van der Waals surface area contributed by atoms with Gasteiger partial charge in [0.15, 0.2) is 0 Å². The molecule has 0 unspecified atom stereocenters. The van der Waals surface area contributed by atoms with E-state index in [9.17, 15) is 34.7 Å². The van der Waals surface area contributed by atoms with Gasteiger partial charge in [-0.1, -0.05) is 0 Å². The molecule has 3 N–H and O–H groups in total. The predicted molar refractivity (Wildman–Crippen MR) is 113 cm³/mol. The zero-order chi connectivity index (χ0) is 23.4. The second-order valence-corrected chi connectivity index (χ2v) is 8.64. The van der Waals surface area contributed by atoms with E-state index >= 15 is 0 Å². The number of hydrogen-bond donors (Lipinski definition) is 3. The number of benzene rings is 1. The first kappa shape index (κ1) is 23.5. The summed E-state index contributed by atoms with van der Waals surface area (Å²) >= 11 is 1.33. The van der Waals surface area contributed by atoms with Crippen molar-refractivity contribution in [3.05, 3.63) is 50.5 Å². The number of carboxylic acids is 1. The molecule has 2 heterocycles. The summed E-state index contributed by atoms with van der Waals surface area (Å²) in [6.07, 6.45) is -0.511. The number of nitrogens with zero attached hydrogens (tertiary/aromatic N) is 2. The maximum atomic E-state index is 12.2. The molecule has 0 spiro atoms. The van der Waals surface area contributed by atoms with Crippen LogP contribution in [0.3, 0.4) is 0 Å². The average molecular weight is 465 g/mol. The Balaban J connectivity index is 1.39. The van der Waals surface area contributed by atoms with Crippen LogP contribution in [0.1, 0.15) is 25.3 Å². The number of nitrogens with one attached hydrogen (secondary N) is 1. The Bertz CT molecular complexity index is 947. The summed E-state index contributed by atoms with van der Waals surface area (Å²) < 4.78 is 5.06. The predicted octanol–water partition coefficient (Wildman–Crippen LogP) is 1.85. The molecule has 32 heavy (non-hydrogen) atoms. The van der Waals surface area contributed by atoms with Crippen LogP contribution >= 0.6 is 11.8 Å². The number of amides is 2. The topological polar surface area (TPSA) is 159 Å². The Morgan fingerprint density at radius 3 is 2.66 bits per heavy atom. The number of carbonyl (C=O) groups is 3. The van der Waals surface area contributed by atoms with Gasteiger partial charge in [-0.25, -0.2) is 9.59 Å². The Morgan fingerprint density at radius 2 is 2.06 bits per heavy atom. The normalized spacial score (nSPS) is 20.4. The number of aliphatic carboxylic acids is 1. The quantitative estimate of drug-likeness (QED) is 0.203. The number of β-lactam (4-membered cyclic amide) rings is 1. The summed E-state index contributed by atoms with van der Waals surface area (Å²) in [5.41, 5.74) is 0.553. The SMILES string of the molecule is C[C@H](O)[C@H]1C(=O)N2C(C(=O)O)=C(SCCCNC(=O)OCc3ccc([N+](=O)[O-])cc3)C[C@H]12. The number of fused-ring (bicyclic) bond motifs is 1. The molecule has 0 bridgehead atoms. The molecule has 12 heteroatoms. The lowest BCUT2D eigenvalue weighted by Gasteiger charge is -2.44. The van der Waals surface area contributed by atoms with Crippen LogP contribution in [-0.2, 0) is 20.9 Å². The van der Waals surface area contributed by atoms with Crippen LogP contribution in [0.15, 0.2) is 34.9 Å². The van der Waals surface area contributed by atoms with Gasteiger partial charge in [-0.15, -0.1) is 11.8 Å². The van der Waals surface area contributed by atoms with Gasteiger partial charge in [0, 0.05) is 30.0 Å². The first-order chi connectivity index (χ1) is 15.2. The van der Waals surface area contributed by atoms with Crippen LogP contribution in [0, 0.1) is 16.0 Å². The minimum atomic E-state index is -1.17. The number of carboxylic acid groups (broad SMARTS) is 1. The van der Waals surface area contributed by atoms with E-state index in [1.807, 2.05) is 0 Å². The minimum absolute atomic E-state index is 0.0163. The number of non-ortho nitro benzene ring substituents is 1. The van der Waals surface area contributed by atoms with Gasteiger partial charge in [0.25, 0.3) is 5.69 Å². The standard InChI is InChI=1S/C20H23N3O8S/c1-11(24)16-14-9-15(17(19(26)27)22(14)18(16)25)32-8-2-7-21-20(28)31-10-12-3-5-13(6-4-12)23(29)30/h3-6,11,14,16,24H,2,7-10H2,1H3,(H,21,28)(H,26,27)/t11-,14+,16+/m0/s1. The van der Waals surface area contributed by atoms with Gasteiger partial charge in [-0.3, -0.25) is 14.9 Å². The number of rotatable bonds is 10. The van der Waals surface area contributed by atoms with Gasteiger partial charge in [0.2, 0.25) is 5.91 Å². The molecule has 0 aliphatic carbocycles. The van der Waals surface area contributed by atoms with E-state index in [2.05, 4.69) is 5.32 Å². The Hall–Kier alpha value is -3.12. The van der Waals surface area contributed by atoms with Crippen LogP contribution in [0.5, 0.6) is 0 Å². The van der Waals surface area contributed by atoms with E-state index < -0.39 is 29.0 Å². The maximum Gasteiger partial charge on any atom is 0.407 e. The smallest absolute Gasteiger partial charge is 0.407 e. The summed E-state index contributed by atoms with van der Waals surface area (Å²) in [7, 11) is 0. The van der Waals surface area contributed by atoms with E-state index in [0.717, 1.165) is 0 Å². The lowest BCUT2D eigenvalue weighted by molar-refractivity contribution is -0.384. The number of alkyl carbamates (subject to hydrolysis) is 1. The molecule has 1 aromatic carbocycles. The minimum Gasteiger partial charge on any atom is -0.477 e. The van der Waals surface area contributed by atoms with Gasteiger partial charge in [-0.05, 0) is 36.8 Å². The van der Waals surface area contributed by atoms with Gasteiger partial charge in [-0.2, -0.15) is 0 Å². The van der Waals surface area contributed by atoms with Gasteiger partial charge in [0.05, 0.1) is 23.0 Å². The average Bonchev–Trinajstić information content (AvgIpc) is 3.06. The summed E-state index contributed by atoms with van der Waals surface area (Å²) in [5, 5.41) is 32.4. The molecule has 2 aliphatic rings. The lowest BCUT2D eigenvalue weighted by Crippen LogP contribution is -2.61. The van der Waals surface area contributed by atoms with Crippen LogP contribution < -0.4 is 5.32 Å². The fourth-order valence-electron chi connectivity index (χ4n) is 3.73. The maximum absolute atomic E-state index is 12.2. The molecule has 1 fully saturated rings. The van der Waals surface area contributed by atoms with Crippen molar-refractivity contribution in [2.75, 3.05) is 12.3 Å². The van der Waals surface area contributed by atoms with Crippen molar-refractivity contribution in [3.63, 3.8) is 0 Å². The van der Waals surface area contributed by atoms with Crippen molar-refractivity contribution in [1.29, 1.82) is 0 Å². The Morgan fingerprint density at radius 1 is 1.38 bits per heavy atom. The molecule has 11 nitrogen and oxygen atoms in total. The van der Waals surface area contributed by atoms with Gasteiger partial charge < -0.3 is 25.2 Å². The summed E-state index contributed by atoms with van der Waals surface area (Å²) in [4.78, 5) is 47.5. The van der Waals surface area contributed by atoms with Gasteiger partial charge >= 0.3 is 12.1 Å². The summed E-state index contributed by atoms with van der Waals surface area (Å²) in [6, 6.07) is 5.36. The monoisotopic (exact) mass is 465 g/mol. The van der Waals surface area contributed by atoms with E-state index in [4.69, 9.17) is 4.74 Å². The highest BCUT2D eigenvalue weighted by Crippen LogP contribution is 2.47. The second kappa shape index (κ2) is 10.0. The molecule has 172 valence electrons. The third-order valence-electron chi connectivity index (χ3n) is 5.27. The van der Waals surface area contributed by atoms with Gasteiger partial charge in [0.1, 0.15) is 12.3 Å². The highest BCUT2D eigenvalue weighted by atomic mass is 32.2. The second-order valence-electron chi connectivity index (χ2n) is 7.45. The molecule has 3 atom stereocenters. The number of carbonyl (C=O) groups excluding carboxylic acids is 2. The summed E-state index contributed by atoms with van der Waals surface area (Å²) in [6.45, 7) is 1.81. The highest BCUT2D eigenvalue weighted by Gasteiger charge is 2.56. The number of nitro benzene ring substituents is 1. The van der Waals surface area contributed by atoms with Crippen LogP contribution in [0.25, 0.3) is 0 Å². The number of aliphatic hydroxyl groups excluding tert-OH is 1. The van der Waals surface area contributed by atoms with Crippen LogP contribution in [0.2, 0.25) is 0 Å². The third-order valence-corrected chi connectivity index (χ3v) is 6.48. The third kappa shape index (κ3) is 5.02. The molecule has 0 aromatic heterocycles. The fourth-order valence-corrected chi connectivity index (χ4v) is 4.88. The molecule has 2 amide bonds. The first-order valence-electron chi connectivity index (χ1n) is 9.95. The number of aliphatic hydroxyl groups is 1. The fraction of sp³-hybridized carbons (Fsp3) is 0.450. The molecular formula is C20H23N3O8S. The van der Waals surface area contributed by atoms with Crippen molar-refractivity contribution < 1.29 is 34.3 Å². The number of hydrogen-bond acceptors (Lipinski definition) is 8. The molecule has 3 rings (SSSR count). The molecule has 1 saturated heterocycles. The van der Waals surface area contributed by atoms with Crippen molar-refractivity contribution in [3.8, 4) is 0 Å². The van der Waals surface area contributed by atoms with E-state index in [-0.39, 0.29) is 29.9 Å². The van der Waals surface area contributed by atoms with E-state index in [0.29, 0.717) is 35.6 Å². The number of ether oxygens (including phenoxy) is 1. The highest BCUT2D eigenvalue weighted by molar-refractivity contribution is 8.03. The number of nitro groups is 1. The molecular weight excluding hydrogens is 442 g/mol. The largest absolute Gasteiger partial charge is 0.477 e. The Kier molecular flexibility index (Phi) is 7.36. The molecule has 1 aromatic rings. The van der Waals surface area contributed by atoms with E-state index in [1.54, 1.807) is 0 Å². The van der Waals surface area contributed by atoms with Crippen molar-refractivity contribution in [1.82, 2.24) is 10.2 Å². The first-order valence-corrected chi connectivity index (χ1v) is 10.9. The van der Waals surface area contributed by atoms with Crippen LogP contribution in [-0.4, -0.2) is 62.4 Å². The van der Waals surface area contributed by atoms with Crippen molar-refractivity contribution >= 4 is 35.4 Å². The Labute approximate surface area is 187 Å². The van der Waals surface area contributed by atoms with E-state index in [1.165, 1.54) is 47.9 Å². The number of thioether (sulfide) groups is 1. The molecule has 2 aliphatic heterocycles. The van der Waals surface area contributed by atoms with Crippen LogP contribution in [0.4, 0.5) is 10.5 Å².